The van der Waals surface area contributed by atoms with E-state index in [0.717, 1.165) is 11.8 Å². The van der Waals surface area contributed by atoms with E-state index in [1.165, 1.54) is 108 Å². The van der Waals surface area contributed by atoms with Gasteiger partial charge in [-0.3, -0.25) is 0 Å². The fourth-order valence-electron chi connectivity index (χ4n) is 6.64. The van der Waals surface area contributed by atoms with Gasteiger partial charge in [0.05, 0.1) is 0 Å². The fraction of sp³-hybridized carbons (Fsp3) is 0.512. The van der Waals surface area contributed by atoms with Gasteiger partial charge in [0.2, 0.25) is 0 Å². The van der Waals surface area contributed by atoms with Gasteiger partial charge in [-0.25, -0.2) is 12.1 Å². The third-order valence-electron chi connectivity index (χ3n) is 9.02. The molecule has 2 aliphatic carbocycles. The summed E-state index contributed by atoms with van der Waals surface area (Å²) in [5.74, 6) is 1.57. The molecule has 0 aromatic heterocycles. The molecule has 3 heteroatoms. The van der Waals surface area contributed by atoms with Crippen molar-refractivity contribution in [1.29, 1.82) is 0 Å². The van der Waals surface area contributed by atoms with Gasteiger partial charge in [0.1, 0.15) is 0 Å². The molecule has 256 valence electrons. The molecule has 4 aromatic carbocycles. The molecule has 0 nitrogen and oxygen atoms in total. The largest absolute Gasteiger partial charge is 0.214 e. The number of rotatable bonds is 0. The van der Waals surface area contributed by atoms with Gasteiger partial charge >= 0.3 is 40.1 Å². The average molecular weight is 741 g/mol. The standard InChI is InChI=1S/C23H29.2C7H13.C5H5.CH2.2ClH.Zr/c1-14-9-16-11-17-10-15(2)21(23(6,7)8)13-19(17)18(16)12-20(14)22(3,4)5;2*1-7-5-3-2-4-6-7;1-2-4-5-3-1;;;;/h9-13H,1-8H3;2*7H,1-6H2;1-5H;1H2;2*1H;/q4*-1;;;;+2/p-2. The summed E-state index contributed by atoms with van der Waals surface area (Å²) in [5, 5.41) is 5.55. The predicted molar refractivity (Wildman–Crippen MR) is 209 cm³/mol. The topological polar surface area (TPSA) is 0 Å². The molecular formula is C43H62Cl2Zr-4. The second kappa shape index (κ2) is 19.9. The van der Waals surface area contributed by atoms with Gasteiger partial charge in [-0.05, 0) is 24.7 Å². The molecule has 0 radical (unpaired) electrons. The second-order valence-corrected chi connectivity index (χ2v) is 23.7. The van der Waals surface area contributed by atoms with E-state index in [0.29, 0.717) is 0 Å². The van der Waals surface area contributed by atoms with Crippen molar-refractivity contribution in [2.75, 3.05) is 0 Å². The Morgan fingerprint density at radius 2 is 0.978 bits per heavy atom. The Kier molecular flexibility index (Phi) is 17.8. The van der Waals surface area contributed by atoms with Crippen molar-refractivity contribution in [2.45, 2.75) is 130 Å². The quantitative estimate of drug-likeness (QED) is 0.158. The van der Waals surface area contributed by atoms with Crippen LogP contribution in [-0.2, 0) is 29.7 Å². The van der Waals surface area contributed by atoms with Gasteiger partial charge in [-0.1, -0.05) is 140 Å². The van der Waals surface area contributed by atoms with Crippen LogP contribution < -0.4 is 0 Å². The molecule has 0 atom stereocenters. The number of fused-ring (bicyclic) bond motifs is 3. The maximum atomic E-state index is 5.13. The van der Waals surface area contributed by atoms with Crippen LogP contribution in [0.4, 0.5) is 0 Å². The second-order valence-electron chi connectivity index (χ2n) is 15.5. The summed E-state index contributed by atoms with van der Waals surface area (Å²) >= 11 is -1.85. The van der Waals surface area contributed by atoms with Crippen molar-refractivity contribution in [2.24, 2.45) is 11.8 Å². The van der Waals surface area contributed by atoms with Gasteiger partial charge in [0, 0.05) is 0 Å². The molecule has 0 spiro atoms. The molecule has 0 unspecified atom stereocenters. The van der Waals surface area contributed by atoms with E-state index in [1.54, 1.807) is 0 Å². The van der Waals surface area contributed by atoms with Crippen molar-refractivity contribution in [3.63, 3.8) is 0 Å². The Hall–Kier alpha value is -1.01. The normalized spacial score (nSPS) is 15.7. The molecule has 0 aliphatic heterocycles. The van der Waals surface area contributed by atoms with Gasteiger partial charge in [-0.2, -0.15) is 30.0 Å². The summed E-state index contributed by atoms with van der Waals surface area (Å²) in [6.07, 6.45) is 14.1. The Morgan fingerprint density at radius 1 is 0.652 bits per heavy atom. The van der Waals surface area contributed by atoms with Crippen LogP contribution in [0.5, 0.6) is 0 Å². The zero-order chi connectivity index (χ0) is 34.5. The molecular weight excluding hydrogens is 679 g/mol. The SMILES string of the molecule is Cc1cc2[cH-]c3cc(C)c(C(C)(C)C)cc3c2cc1C(C)(C)C.[CH2-]C1CCCCC1.[CH2-]C1CCCCC1.[CH2]=[Zr]([Cl])[Cl].c1cc[cH-]c1. The van der Waals surface area contributed by atoms with Crippen LogP contribution in [0.25, 0.3) is 21.5 Å². The molecule has 0 heterocycles. The molecule has 2 aliphatic rings. The number of aryl methyl sites for hydroxylation is 2. The summed E-state index contributed by atoms with van der Waals surface area (Å²) in [7, 11) is 10.3. The molecule has 0 bridgehead atoms. The Bertz CT molecular complexity index is 1320. The Morgan fingerprint density at radius 3 is 1.20 bits per heavy atom. The van der Waals surface area contributed by atoms with E-state index < -0.39 is 18.9 Å². The summed E-state index contributed by atoms with van der Waals surface area (Å²) in [4.78, 5) is 0. The van der Waals surface area contributed by atoms with Crippen LogP contribution in [0, 0.1) is 39.5 Å². The molecule has 0 amide bonds. The van der Waals surface area contributed by atoms with Crippen molar-refractivity contribution >= 4 is 42.8 Å². The smallest absolute Gasteiger partial charge is 0.172 e. The van der Waals surface area contributed by atoms with E-state index in [1.807, 2.05) is 30.3 Å². The molecule has 2 saturated carbocycles. The zero-order valence-electron chi connectivity index (χ0n) is 30.4. The van der Waals surface area contributed by atoms with Crippen LogP contribution in [0.1, 0.15) is 128 Å². The van der Waals surface area contributed by atoms with Crippen molar-refractivity contribution < 1.29 is 18.9 Å². The van der Waals surface area contributed by atoms with Crippen molar-refractivity contribution in [3.8, 4) is 0 Å². The molecule has 2 fully saturated rings. The van der Waals surface area contributed by atoms with E-state index in [2.05, 4.69) is 104 Å². The predicted octanol–water partition coefficient (Wildman–Crippen LogP) is 14.5. The van der Waals surface area contributed by atoms with Gasteiger partial charge in [-0.15, -0.1) is 39.7 Å². The molecule has 46 heavy (non-hydrogen) atoms. The first-order valence-electron chi connectivity index (χ1n) is 17.5. The zero-order valence-corrected chi connectivity index (χ0v) is 34.3. The summed E-state index contributed by atoms with van der Waals surface area (Å²) in [5.41, 5.74) is 6.06. The van der Waals surface area contributed by atoms with Crippen LogP contribution in [0.2, 0.25) is 0 Å². The first kappa shape index (κ1) is 41.2. The molecule has 0 saturated heterocycles. The molecule has 4 aromatic rings. The third-order valence-corrected chi connectivity index (χ3v) is 9.02. The van der Waals surface area contributed by atoms with Crippen LogP contribution in [0.3, 0.4) is 0 Å². The summed E-state index contributed by atoms with van der Waals surface area (Å²) in [6, 6.07) is 21.9. The fourth-order valence-corrected chi connectivity index (χ4v) is 6.64. The monoisotopic (exact) mass is 738 g/mol. The maximum Gasteiger partial charge on any atom is -0.172 e. The number of benzene rings is 2. The van der Waals surface area contributed by atoms with Gasteiger partial charge in [0.15, 0.2) is 0 Å². The first-order valence-corrected chi connectivity index (χ1v) is 25.6. The summed E-state index contributed by atoms with van der Waals surface area (Å²) in [6.45, 7) is 26.3. The number of hydrogen-bond acceptors (Lipinski definition) is 0. The Balaban J connectivity index is 0.000000257. The molecule has 0 N–H and O–H groups in total. The van der Waals surface area contributed by atoms with E-state index in [-0.39, 0.29) is 10.8 Å². The molecule has 6 rings (SSSR count). The number of hydrogen-bond donors (Lipinski definition) is 0. The van der Waals surface area contributed by atoms with Crippen molar-refractivity contribution in [1.82, 2.24) is 0 Å². The Labute approximate surface area is 298 Å². The van der Waals surface area contributed by atoms with Gasteiger partial charge in [0.25, 0.3) is 0 Å². The minimum Gasteiger partial charge on any atom is -0.214 e. The van der Waals surface area contributed by atoms with Gasteiger partial charge < -0.3 is 13.8 Å². The minimum absolute atomic E-state index is 0.180. The first-order chi connectivity index (χ1) is 21.5. The average Bonchev–Trinajstić information content (AvgIpc) is 3.64. The van der Waals surface area contributed by atoms with Crippen LogP contribution >= 0.6 is 17.0 Å². The van der Waals surface area contributed by atoms with Crippen LogP contribution in [-0.4, -0.2) is 4.21 Å². The van der Waals surface area contributed by atoms with Crippen LogP contribution in [0.15, 0.2) is 60.7 Å². The van der Waals surface area contributed by atoms with Crippen molar-refractivity contribution in [3.05, 3.63) is 96.8 Å². The minimum atomic E-state index is -1.85. The summed E-state index contributed by atoms with van der Waals surface area (Å²) < 4.78 is 3.37. The number of halogens is 2. The maximum absolute atomic E-state index is 5.13. The van der Waals surface area contributed by atoms with E-state index >= 15 is 0 Å². The third kappa shape index (κ3) is 14.6. The van der Waals surface area contributed by atoms with E-state index in [9.17, 15) is 0 Å². The van der Waals surface area contributed by atoms with E-state index in [4.69, 9.17) is 17.0 Å².